The SMILES string of the molecule is N#CC(C(=O)c1ccccc1C(F)(F)F)c1ccccn1. The third-order valence-electron chi connectivity index (χ3n) is 2.87. The maximum absolute atomic E-state index is 12.9. The fourth-order valence-corrected chi connectivity index (χ4v) is 1.91. The first-order valence-electron chi connectivity index (χ1n) is 5.96. The van der Waals surface area contributed by atoms with Crippen LogP contribution >= 0.6 is 0 Å². The van der Waals surface area contributed by atoms with Crippen molar-refractivity contribution < 1.29 is 18.0 Å². The van der Waals surface area contributed by atoms with Gasteiger partial charge in [0.1, 0.15) is 0 Å². The Kier molecular flexibility index (Phi) is 4.03. The minimum Gasteiger partial charge on any atom is -0.292 e. The zero-order chi connectivity index (χ0) is 15.5. The number of pyridine rings is 1. The minimum absolute atomic E-state index is 0.127. The van der Waals surface area contributed by atoms with E-state index in [0.29, 0.717) is 0 Å². The number of Topliss-reactive ketones (excluding diaryl/α,β-unsaturated/α-hetero) is 1. The summed E-state index contributed by atoms with van der Waals surface area (Å²) in [5, 5.41) is 9.11. The highest BCUT2D eigenvalue weighted by Gasteiger charge is 2.36. The van der Waals surface area contributed by atoms with E-state index in [-0.39, 0.29) is 5.69 Å². The quantitative estimate of drug-likeness (QED) is 0.812. The monoisotopic (exact) mass is 290 g/mol. The van der Waals surface area contributed by atoms with Crippen LogP contribution in [-0.4, -0.2) is 10.8 Å². The lowest BCUT2D eigenvalue weighted by Crippen LogP contribution is -2.18. The van der Waals surface area contributed by atoms with Crippen LogP contribution in [0.15, 0.2) is 48.7 Å². The van der Waals surface area contributed by atoms with Crippen molar-refractivity contribution in [2.75, 3.05) is 0 Å². The molecule has 0 aliphatic heterocycles. The number of carbonyl (C=O) groups is 1. The highest BCUT2D eigenvalue weighted by molar-refractivity contribution is 6.03. The molecule has 0 saturated carbocycles. The van der Waals surface area contributed by atoms with E-state index in [1.54, 1.807) is 18.2 Å². The predicted octanol–water partition coefficient (Wildman–Crippen LogP) is 3.59. The molecule has 0 aliphatic carbocycles. The van der Waals surface area contributed by atoms with E-state index in [1.807, 2.05) is 0 Å². The maximum atomic E-state index is 12.9. The van der Waals surface area contributed by atoms with Crippen LogP contribution in [0, 0.1) is 11.3 Å². The van der Waals surface area contributed by atoms with E-state index in [1.165, 1.54) is 24.4 Å². The Morgan fingerprint density at radius 2 is 1.81 bits per heavy atom. The molecule has 1 unspecified atom stereocenters. The molecule has 106 valence electrons. The van der Waals surface area contributed by atoms with Crippen LogP contribution < -0.4 is 0 Å². The molecular weight excluding hydrogens is 281 g/mol. The van der Waals surface area contributed by atoms with Crippen molar-refractivity contribution in [3.63, 3.8) is 0 Å². The Balaban J connectivity index is 2.48. The molecule has 0 amide bonds. The molecule has 1 aromatic carbocycles. The third-order valence-corrected chi connectivity index (χ3v) is 2.87. The number of rotatable bonds is 3. The molecule has 21 heavy (non-hydrogen) atoms. The van der Waals surface area contributed by atoms with Gasteiger partial charge in [-0.15, -0.1) is 0 Å². The summed E-state index contributed by atoms with van der Waals surface area (Å²) in [5.74, 6) is -2.28. The Morgan fingerprint density at radius 3 is 2.38 bits per heavy atom. The van der Waals surface area contributed by atoms with Crippen molar-refractivity contribution in [1.29, 1.82) is 5.26 Å². The van der Waals surface area contributed by atoms with Crippen LogP contribution in [0.1, 0.15) is 27.5 Å². The summed E-state index contributed by atoms with van der Waals surface area (Å²) in [5.41, 5.74) is -1.45. The van der Waals surface area contributed by atoms with Gasteiger partial charge in [-0.1, -0.05) is 24.3 Å². The number of benzene rings is 1. The second kappa shape index (κ2) is 5.75. The Bertz CT molecular complexity index is 690. The molecular formula is C15H9F3N2O. The summed E-state index contributed by atoms with van der Waals surface area (Å²) in [6.45, 7) is 0. The number of halogens is 3. The van der Waals surface area contributed by atoms with Crippen molar-refractivity contribution in [2.24, 2.45) is 0 Å². The fourth-order valence-electron chi connectivity index (χ4n) is 1.91. The Labute approximate surface area is 118 Å². The molecule has 0 bridgehead atoms. The molecule has 0 radical (unpaired) electrons. The summed E-state index contributed by atoms with van der Waals surface area (Å²) in [6.07, 6.45) is -3.28. The number of ketones is 1. The molecule has 6 heteroatoms. The molecule has 1 aromatic heterocycles. The van der Waals surface area contributed by atoms with E-state index < -0.39 is 29.0 Å². The number of carbonyl (C=O) groups excluding carboxylic acids is 1. The van der Waals surface area contributed by atoms with Crippen LogP contribution in [0.5, 0.6) is 0 Å². The van der Waals surface area contributed by atoms with Crippen LogP contribution in [-0.2, 0) is 6.18 Å². The van der Waals surface area contributed by atoms with Gasteiger partial charge in [0.2, 0.25) is 0 Å². The number of alkyl halides is 3. The first-order chi connectivity index (χ1) is 9.95. The molecule has 0 fully saturated rings. The van der Waals surface area contributed by atoms with Crippen molar-refractivity contribution in [3.8, 4) is 6.07 Å². The van der Waals surface area contributed by atoms with Crippen LogP contribution in [0.2, 0.25) is 0 Å². The van der Waals surface area contributed by atoms with E-state index in [0.717, 1.165) is 12.1 Å². The van der Waals surface area contributed by atoms with E-state index >= 15 is 0 Å². The zero-order valence-electron chi connectivity index (χ0n) is 10.6. The average Bonchev–Trinajstić information content (AvgIpc) is 2.48. The first-order valence-corrected chi connectivity index (χ1v) is 5.96. The van der Waals surface area contributed by atoms with E-state index in [4.69, 9.17) is 5.26 Å². The Hall–Kier alpha value is -2.68. The molecule has 2 rings (SSSR count). The van der Waals surface area contributed by atoms with Gasteiger partial charge in [0.25, 0.3) is 0 Å². The van der Waals surface area contributed by atoms with Gasteiger partial charge in [0.15, 0.2) is 11.7 Å². The number of nitrogens with zero attached hydrogens (tertiary/aromatic N) is 2. The summed E-state index contributed by atoms with van der Waals surface area (Å²) >= 11 is 0. The molecule has 0 saturated heterocycles. The number of aromatic nitrogens is 1. The van der Waals surface area contributed by atoms with Gasteiger partial charge in [-0.3, -0.25) is 9.78 Å². The fraction of sp³-hybridized carbons (Fsp3) is 0.133. The lowest BCUT2D eigenvalue weighted by atomic mass is 9.92. The lowest BCUT2D eigenvalue weighted by molar-refractivity contribution is -0.137. The average molecular weight is 290 g/mol. The van der Waals surface area contributed by atoms with Crippen LogP contribution in [0.3, 0.4) is 0 Å². The molecule has 3 nitrogen and oxygen atoms in total. The van der Waals surface area contributed by atoms with Gasteiger partial charge in [-0.05, 0) is 18.2 Å². The number of nitriles is 1. The molecule has 0 N–H and O–H groups in total. The van der Waals surface area contributed by atoms with Gasteiger partial charge >= 0.3 is 6.18 Å². The number of hydrogen-bond acceptors (Lipinski definition) is 3. The van der Waals surface area contributed by atoms with E-state index in [9.17, 15) is 18.0 Å². The summed E-state index contributed by atoms with van der Waals surface area (Å²) in [7, 11) is 0. The van der Waals surface area contributed by atoms with Crippen molar-refractivity contribution in [2.45, 2.75) is 12.1 Å². The molecule has 0 aliphatic rings. The van der Waals surface area contributed by atoms with Crippen molar-refractivity contribution in [1.82, 2.24) is 4.98 Å². The standard InChI is InChI=1S/C15H9F3N2O/c16-15(17,18)12-6-2-1-5-10(12)14(21)11(9-19)13-7-3-4-8-20-13/h1-8,11H. The zero-order valence-corrected chi connectivity index (χ0v) is 10.6. The molecule has 2 aromatic rings. The maximum Gasteiger partial charge on any atom is 0.417 e. The minimum atomic E-state index is -4.66. The second-order valence-electron chi connectivity index (χ2n) is 4.22. The van der Waals surface area contributed by atoms with Crippen molar-refractivity contribution >= 4 is 5.78 Å². The highest BCUT2D eigenvalue weighted by Crippen LogP contribution is 2.33. The third kappa shape index (κ3) is 3.08. The summed E-state index contributed by atoms with van der Waals surface area (Å²) < 4.78 is 38.8. The molecule has 1 atom stereocenters. The van der Waals surface area contributed by atoms with Gasteiger partial charge in [-0.2, -0.15) is 18.4 Å². The smallest absolute Gasteiger partial charge is 0.292 e. The van der Waals surface area contributed by atoms with Gasteiger partial charge in [0.05, 0.1) is 17.3 Å². The largest absolute Gasteiger partial charge is 0.417 e. The second-order valence-corrected chi connectivity index (χ2v) is 4.22. The summed E-state index contributed by atoms with van der Waals surface area (Å²) in [6, 6.07) is 10.7. The molecule has 1 heterocycles. The highest BCUT2D eigenvalue weighted by atomic mass is 19.4. The molecule has 0 spiro atoms. The van der Waals surface area contributed by atoms with Crippen molar-refractivity contribution in [3.05, 3.63) is 65.5 Å². The predicted molar refractivity (Wildman–Crippen MR) is 68.4 cm³/mol. The topological polar surface area (TPSA) is 53.8 Å². The van der Waals surface area contributed by atoms with Crippen LogP contribution in [0.25, 0.3) is 0 Å². The number of hydrogen-bond donors (Lipinski definition) is 0. The van der Waals surface area contributed by atoms with Gasteiger partial charge < -0.3 is 0 Å². The first kappa shape index (κ1) is 14.7. The Morgan fingerprint density at radius 1 is 1.14 bits per heavy atom. The van der Waals surface area contributed by atoms with Gasteiger partial charge in [-0.25, -0.2) is 0 Å². The van der Waals surface area contributed by atoms with E-state index in [2.05, 4.69) is 4.98 Å². The normalized spacial score (nSPS) is 12.5. The summed E-state index contributed by atoms with van der Waals surface area (Å²) in [4.78, 5) is 16.1. The van der Waals surface area contributed by atoms with Crippen LogP contribution in [0.4, 0.5) is 13.2 Å². The lowest BCUT2D eigenvalue weighted by Gasteiger charge is -2.14. The van der Waals surface area contributed by atoms with Gasteiger partial charge in [0, 0.05) is 11.8 Å².